The van der Waals surface area contributed by atoms with Crippen LogP contribution in [0.4, 0.5) is 16.2 Å². The highest BCUT2D eigenvalue weighted by Gasteiger charge is 2.33. The van der Waals surface area contributed by atoms with Crippen LogP contribution in [0.5, 0.6) is 0 Å². The van der Waals surface area contributed by atoms with E-state index in [2.05, 4.69) is 21.3 Å². The summed E-state index contributed by atoms with van der Waals surface area (Å²) < 4.78 is 0. The lowest BCUT2D eigenvalue weighted by molar-refractivity contribution is -0.145. The molecule has 0 radical (unpaired) electrons. The van der Waals surface area contributed by atoms with Crippen LogP contribution in [-0.2, 0) is 32.1 Å². The Kier molecular flexibility index (Phi) is 10.5. The van der Waals surface area contributed by atoms with E-state index in [0.29, 0.717) is 18.7 Å². The summed E-state index contributed by atoms with van der Waals surface area (Å²) in [6.45, 7) is 2.68. The van der Waals surface area contributed by atoms with E-state index >= 15 is 0 Å². The fourth-order valence-corrected chi connectivity index (χ4v) is 4.77. The van der Waals surface area contributed by atoms with Gasteiger partial charge >= 0.3 is 12.0 Å². The van der Waals surface area contributed by atoms with Crippen LogP contribution in [0.15, 0.2) is 78.9 Å². The maximum absolute atomic E-state index is 12.8. The third-order valence-electron chi connectivity index (χ3n) is 7.20. The van der Waals surface area contributed by atoms with Gasteiger partial charge in [0.15, 0.2) is 0 Å². The van der Waals surface area contributed by atoms with E-state index in [4.69, 9.17) is 0 Å². The van der Waals surface area contributed by atoms with Crippen molar-refractivity contribution >= 4 is 41.1 Å². The van der Waals surface area contributed by atoms with Gasteiger partial charge in [-0.1, -0.05) is 60.7 Å². The van der Waals surface area contributed by atoms with Gasteiger partial charge in [0.1, 0.15) is 6.04 Å². The van der Waals surface area contributed by atoms with Crippen LogP contribution in [-0.4, -0.2) is 58.9 Å². The van der Waals surface area contributed by atoms with Crippen LogP contribution in [0.1, 0.15) is 29.5 Å². The zero-order valence-electron chi connectivity index (χ0n) is 23.8. The summed E-state index contributed by atoms with van der Waals surface area (Å²) in [6, 6.07) is 21.7. The molecule has 5 amide bonds. The fraction of sp³-hybridized carbons (Fsp3) is 0.281. The van der Waals surface area contributed by atoms with Gasteiger partial charge in [-0.15, -0.1) is 0 Å². The second-order valence-electron chi connectivity index (χ2n) is 10.5. The van der Waals surface area contributed by atoms with Crippen LogP contribution in [0.3, 0.4) is 0 Å². The van der Waals surface area contributed by atoms with Crippen molar-refractivity contribution in [2.45, 2.75) is 38.8 Å². The number of para-hydroxylation sites is 1. The third kappa shape index (κ3) is 9.15. The second-order valence-corrected chi connectivity index (χ2v) is 10.5. The number of hydrogen-bond donors (Lipinski definition) is 5. The molecule has 3 aromatic rings. The molecular formula is C32H35N5O6. The SMILES string of the molecule is Cc1ccccc1NC(=O)Nc1ccc(CNC(=O)[C@H]2CCN(C(=O)C[C@H](NC(=O)Cc3ccccc3)C(=O)O)C2)cc1. The molecule has 1 fully saturated rings. The molecule has 1 aliphatic heterocycles. The van der Waals surface area contributed by atoms with Gasteiger partial charge in [0.2, 0.25) is 17.7 Å². The Balaban J connectivity index is 1.20. The van der Waals surface area contributed by atoms with E-state index in [0.717, 1.165) is 22.4 Å². The van der Waals surface area contributed by atoms with Crippen LogP contribution in [0.2, 0.25) is 0 Å². The predicted molar refractivity (Wildman–Crippen MR) is 161 cm³/mol. The fourth-order valence-electron chi connectivity index (χ4n) is 4.77. The van der Waals surface area contributed by atoms with E-state index in [1.165, 1.54) is 4.90 Å². The number of nitrogens with one attached hydrogen (secondary N) is 4. The van der Waals surface area contributed by atoms with E-state index in [-0.39, 0.29) is 31.4 Å². The molecule has 1 saturated heterocycles. The molecule has 0 aromatic heterocycles. The first-order chi connectivity index (χ1) is 20.7. The molecule has 0 unspecified atom stereocenters. The zero-order valence-corrected chi connectivity index (χ0v) is 23.8. The van der Waals surface area contributed by atoms with Crippen molar-refractivity contribution in [2.75, 3.05) is 23.7 Å². The Bertz CT molecular complexity index is 1460. The Morgan fingerprint density at radius 3 is 2.28 bits per heavy atom. The summed E-state index contributed by atoms with van der Waals surface area (Å²) >= 11 is 0. The van der Waals surface area contributed by atoms with Gasteiger partial charge in [-0.25, -0.2) is 9.59 Å². The number of likely N-dealkylation sites (tertiary alicyclic amines) is 1. The topological polar surface area (TPSA) is 157 Å². The van der Waals surface area contributed by atoms with Crippen molar-refractivity contribution in [2.24, 2.45) is 5.92 Å². The minimum atomic E-state index is -1.36. The summed E-state index contributed by atoms with van der Waals surface area (Å²) in [4.78, 5) is 63.4. The maximum Gasteiger partial charge on any atom is 0.326 e. The number of aliphatic carboxylic acids is 1. The normalized spacial score (nSPS) is 14.8. The first-order valence-corrected chi connectivity index (χ1v) is 14.0. The van der Waals surface area contributed by atoms with E-state index in [9.17, 15) is 29.1 Å². The average Bonchev–Trinajstić information content (AvgIpc) is 3.49. The molecule has 5 N–H and O–H groups in total. The number of amides is 5. The van der Waals surface area contributed by atoms with Crippen LogP contribution in [0, 0.1) is 12.8 Å². The van der Waals surface area contributed by atoms with Crippen molar-refractivity contribution in [3.05, 3.63) is 95.6 Å². The number of carbonyl (C=O) groups excluding carboxylic acids is 4. The second kappa shape index (κ2) is 14.6. The van der Waals surface area contributed by atoms with Gasteiger partial charge in [-0.3, -0.25) is 14.4 Å². The number of benzene rings is 3. The number of carboxylic acids is 1. The largest absolute Gasteiger partial charge is 0.480 e. The molecule has 224 valence electrons. The molecule has 0 spiro atoms. The summed E-state index contributed by atoms with van der Waals surface area (Å²) in [5.41, 5.74) is 3.84. The van der Waals surface area contributed by atoms with Crippen LogP contribution in [0.25, 0.3) is 0 Å². The highest BCUT2D eigenvalue weighted by atomic mass is 16.4. The smallest absolute Gasteiger partial charge is 0.326 e. The number of aryl methyl sites for hydroxylation is 1. The first-order valence-electron chi connectivity index (χ1n) is 14.0. The van der Waals surface area contributed by atoms with Crippen molar-refractivity contribution in [3.63, 3.8) is 0 Å². The molecule has 11 heteroatoms. The lowest BCUT2D eigenvalue weighted by atomic mass is 10.1. The molecule has 2 atom stereocenters. The zero-order chi connectivity index (χ0) is 30.8. The number of nitrogens with zero attached hydrogens (tertiary/aromatic N) is 1. The number of carboxylic acid groups (broad SMARTS) is 1. The van der Waals surface area contributed by atoms with E-state index in [1.54, 1.807) is 48.5 Å². The van der Waals surface area contributed by atoms with Gasteiger partial charge in [-0.2, -0.15) is 0 Å². The molecule has 1 aliphatic rings. The molecule has 0 aliphatic carbocycles. The first kappa shape index (κ1) is 30.8. The highest BCUT2D eigenvalue weighted by Crippen LogP contribution is 2.19. The quantitative estimate of drug-likeness (QED) is 0.232. The van der Waals surface area contributed by atoms with Gasteiger partial charge in [0.05, 0.1) is 18.8 Å². The Hall–Kier alpha value is -5.19. The van der Waals surface area contributed by atoms with Crippen LogP contribution < -0.4 is 21.3 Å². The molecular weight excluding hydrogens is 550 g/mol. The van der Waals surface area contributed by atoms with Gasteiger partial charge in [0.25, 0.3) is 0 Å². The molecule has 1 heterocycles. The van der Waals surface area contributed by atoms with Crippen LogP contribution >= 0.6 is 0 Å². The van der Waals surface area contributed by atoms with Gasteiger partial charge in [-0.05, 0) is 48.2 Å². The number of carbonyl (C=O) groups is 5. The molecule has 43 heavy (non-hydrogen) atoms. The van der Waals surface area contributed by atoms with Gasteiger partial charge < -0.3 is 31.3 Å². The summed E-state index contributed by atoms with van der Waals surface area (Å²) in [5.74, 6) is -2.85. The number of anilines is 2. The number of rotatable bonds is 11. The standard InChI is InChI=1S/C32H35N5O6/c1-21-7-5-6-10-26(21)36-32(43)34-25-13-11-23(12-14-25)19-33-30(40)24-15-16-37(20-24)29(39)18-27(31(41)42)35-28(38)17-22-8-3-2-4-9-22/h2-14,24,27H,15-20H2,1H3,(H,33,40)(H,35,38)(H,41,42)(H2,34,36,43)/t24-,27-/m0/s1. The molecule has 11 nitrogen and oxygen atoms in total. The summed E-state index contributed by atoms with van der Waals surface area (Å²) in [7, 11) is 0. The monoisotopic (exact) mass is 585 g/mol. The average molecular weight is 586 g/mol. The van der Waals surface area contributed by atoms with Crippen molar-refractivity contribution in [1.82, 2.24) is 15.5 Å². The lowest BCUT2D eigenvalue weighted by Crippen LogP contribution is -2.45. The predicted octanol–water partition coefficient (Wildman–Crippen LogP) is 3.31. The molecule has 0 bridgehead atoms. The molecule has 0 saturated carbocycles. The minimum absolute atomic E-state index is 0.00726. The Morgan fingerprint density at radius 1 is 0.884 bits per heavy atom. The third-order valence-corrected chi connectivity index (χ3v) is 7.20. The lowest BCUT2D eigenvalue weighted by Gasteiger charge is -2.20. The number of hydrogen-bond acceptors (Lipinski definition) is 5. The minimum Gasteiger partial charge on any atom is -0.480 e. The Morgan fingerprint density at radius 2 is 1.58 bits per heavy atom. The van der Waals surface area contributed by atoms with E-state index in [1.807, 2.05) is 37.3 Å². The summed E-state index contributed by atoms with van der Waals surface area (Å²) in [6.07, 6.45) is 0.0649. The van der Waals surface area contributed by atoms with E-state index < -0.39 is 36.2 Å². The van der Waals surface area contributed by atoms with Crippen molar-refractivity contribution in [1.29, 1.82) is 0 Å². The molecule has 4 rings (SSSR count). The Labute approximate surface area is 249 Å². The summed E-state index contributed by atoms with van der Waals surface area (Å²) in [5, 5.41) is 20.4. The van der Waals surface area contributed by atoms with Crippen molar-refractivity contribution in [3.8, 4) is 0 Å². The highest BCUT2D eigenvalue weighted by molar-refractivity contribution is 6.00. The molecule has 3 aromatic carbocycles. The van der Waals surface area contributed by atoms with Crippen molar-refractivity contribution < 1.29 is 29.1 Å². The maximum atomic E-state index is 12.8. The number of urea groups is 1. The van der Waals surface area contributed by atoms with Gasteiger partial charge in [0, 0.05) is 31.0 Å².